The van der Waals surface area contributed by atoms with Gasteiger partial charge in [0.1, 0.15) is 0 Å². The van der Waals surface area contributed by atoms with Crippen LogP contribution in [0.4, 0.5) is 11.4 Å². The quantitative estimate of drug-likeness (QED) is 0.462. The number of hydrogen-bond donors (Lipinski definition) is 0. The van der Waals surface area contributed by atoms with Gasteiger partial charge in [0, 0.05) is 17.2 Å². The first kappa shape index (κ1) is 12.1. The molecule has 0 atom stereocenters. The minimum absolute atomic E-state index is 0.490. The van der Waals surface area contributed by atoms with Crippen LogP contribution in [0.3, 0.4) is 0 Å². The van der Waals surface area contributed by atoms with Crippen LogP contribution >= 0.6 is 0 Å². The van der Waals surface area contributed by atoms with Gasteiger partial charge in [0.2, 0.25) is 5.69 Å². The molecule has 2 aromatic carbocycles. The van der Waals surface area contributed by atoms with Gasteiger partial charge in [0.05, 0.1) is 6.61 Å². The van der Waals surface area contributed by atoms with Crippen LogP contribution in [0, 0.1) is 5.21 Å². The van der Waals surface area contributed by atoms with Gasteiger partial charge in [-0.15, -0.1) is 0 Å². The molecule has 0 fully saturated rings. The third-order valence-corrected chi connectivity index (χ3v) is 2.34. The summed E-state index contributed by atoms with van der Waals surface area (Å²) >= 11 is 0. The van der Waals surface area contributed by atoms with E-state index < -0.39 is 0 Å². The monoisotopic (exact) mass is 242 g/mol. The molecule has 4 heteroatoms. The van der Waals surface area contributed by atoms with Crippen LogP contribution < -0.4 is 4.74 Å². The van der Waals surface area contributed by atoms with Crippen LogP contribution in [0.2, 0.25) is 0 Å². The highest BCUT2D eigenvalue weighted by Crippen LogP contribution is 2.28. The summed E-state index contributed by atoms with van der Waals surface area (Å²) in [6, 6.07) is 16.1. The SMILES string of the molecule is CCOc1ccccc1N=[N+]([O-])c1ccccc1. The molecular weight excluding hydrogens is 228 g/mol. The highest BCUT2D eigenvalue weighted by Gasteiger charge is 2.07. The lowest BCUT2D eigenvalue weighted by atomic mass is 10.3. The van der Waals surface area contributed by atoms with Crippen LogP contribution in [0.25, 0.3) is 0 Å². The van der Waals surface area contributed by atoms with Crippen molar-refractivity contribution in [2.24, 2.45) is 5.11 Å². The maximum absolute atomic E-state index is 11.9. The second-order valence-corrected chi connectivity index (χ2v) is 3.61. The average molecular weight is 242 g/mol. The molecule has 18 heavy (non-hydrogen) atoms. The Balaban J connectivity index is 2.33. The molecule has 0 bridgehead atoms. The van der Waals surface area contributed by atoms with E-state index in [1.165, 1.54) is 0 Å². The molecule has 0 spiro atoms. The lowest BCUT2D eigenvalue weighted by Crippen LogP contribution is -1.94. The summed E-state index contributed by atoms with van der Waals surface area (Å²) in [5.41, 5.74) is 1.02. The molecule has 0 aliphatic rings. The zero-order valence-electron chi connectivity index (χ0n) is 10.1. The average Bonchev–Trinajstić information content (AvgIpc) is 2.42. The third kappa shape index (κ3) is 2.85. The van der Waals surface area contributed by atoms with E-state index in [9.17, 15) is 5.21 Å². The summed E-state index contributed by atoms with van der Waals surface area (Å²) in [7, 11) is 0. The predicted octanol–water partition coefficient (Wildman–Crippen LogP) is 4.01. The van der Waals surface area contributed by atoms with Crippen molar-refractivity contribution < 1.29 is 9.60 Å². The van der Waals surface area contributed by atoms with Crippen LogP contribution in [0.5, 0.6) is 5.75 Å². The Hall–Kier alpha value is -2.36. The Bertz CT molecular complexity index is 539. The van der Waals surface area contributed by atoms with Crippen LogP contribution in [0.15, 0.2) is 59.7 Å². The molecule has 2 rings (SSSR count). The first-order valence-electron chi connectivity index (χ1n) is 5.77. The van der Waals surface area contributed by atoms with Crippen molar-refractivity contribution in [1.29, 1.82) is 0 Å². The summed E-state index contributed by atoms with van der Waals surface area (Å²) in [5, 5.41) is 15.9. The number of azo groups is 1. The number of nitrogens with zero attached hydrogens (tertiary/aromatic N) is 2. The molecule has 0 saturated carbocycles. The second kappa shape index (κ2) is 5.82. The summed E-state index contributed by atoms with van der Waals surface area (Å²) in [6.07, 6.45) is 0. The standard InChI is InChI=1S/C14H14N2O2/c1-2-18-14-11-7-6-10-13(14)15-16(17)12-8-4-3-5-9-12/h3-11H,2H2,1H3. The second-order valence-electron chi connectivity index (χ2n) is 3.61. The highest BCUT2D eigenvalue weighted by molar-refractivity contribution is 5.50. The van der Waals surface area contributed by atoms with Crippen molar-refractivity contribution >= 4 is 11.4 Å². The van der Waals surface area contributed by atoms with Gasteiger partial charge in [0.25, 0.3) is 0 Å². The van der Waals surface area contributed by atoms with Crippen molar-refractivity contribution in [3.8, 4) is 5.75 Å². The topological polar surface area (TPSA) is 47.7 Å². The molecule has 0 unspecified atom stereocenters. The van der Waals surface area contributed by atoms with Gasteiger partial charge in [-0.2, -0.15) is 0 Å². The van der Waals surface area contributed by atoms with Crippen molar-refractivity contribution in [3.05, 3.63) is 59.8 Å². The fourth-order valence-corrected chi connectivity index (χ4v) is 1.53. The van der Waals surface area contributed by atoms with Gasteiger partial charge in [-0.3, -0.25) is 0 Å². The number of ether oxygens (including phenoxy) is 1. The van der Waals surface area contributed by atoms with Gasteiger partial charge in [0.15, 0.2) is 11.4 Å². The van der Waals surface area contributed by atoms with E-state index in [0.717, 1.165) is 0 Å². The van der Waals surface area contributed by atoms with E-state index in [0.29, 0.717) is 28.6 Å². The van der Waals surface area contributed by atoms with Crippen molar-refractivity contribution in [1.82, 2.24) is 0 Å². The zero-order valence-corrected chi connectivity index (χ0v) is 10.1. The van der Waals surface area contributed by atoms with E-state index in [2.05, 4.69) is 5.11 Å². The molecule has 4 nitrogen and oxygen atoms in total. The molecule has 0 heterocycles. The molecule has 0 N–H and O–H groups in total. The van der Waals surface area contributed by atoms with E-state index in [1.54, 1.807) is 36.4 Å². The number of rotatable bonds is 4. The minimum Gasteiger partial charge on any atom is -0.594 e. The zero-order chi connectivity index (χ0) is 12.8. The van der Waals surface area contributed by atoms with Crippen LogP contribution in [-0.4, -0.2) is 11.5 Å². The Morgan fingerprint density at radius 3 is 2.44 bits per heavy atom. The van der Waals surface area contributed by atoms with Crippen molar-refractivity contribution in [3.63, 3.8) is 0 Å². The molecule has 2 aromatic rings. The normalized spacial score (nSPS) is 11.3. The maximum Gasteiger partial charge on any atom is 0.244 e. The van der Waals surface area contributed by atoms with Crippen LogP contribution in [0.1, 0.15) is 6.92 Å². The minimum atomic E-state index is 0.490. The Morgan fingerprint density at radius 2 is 1.72 bits per heavy atom. The lowest BCUT2D eigenvalue weighted by Gasteiger charge is -2.05. The predicted molar refractivity (Wildman–Crippen MR) is 69.4 cm³/mol. The number of hydrogen-bond acceptors (Lipinski definition) is 3. The largest absolute Gasteiger partial charge is 0.594 e. The molecule has 0 aliphatic carbocycles. The summed E-state index contributed by atoms with van der Waals surface area (Å²) in [6.45, 7) is 2.43. The Labute approximate surface area is 106 Å². The number of benzene rings is 2. The molecule has 0 saturated heterocycles. The van der Waals surface area contributed by atoms with E-state index in [1.807, 2.05) is 25.1 Å². The van der Waals surface area contributed by atoms with Gasteiger partial charge >= 0.3 is 0 Å². The van der Waals surface area contributed by atoms with Crippen molar-refractivity contribution in [2.75, 3.05) is 6.61 Å². The fourth-order valence-electron chi connectivity index (χ4n) is 1.53. The molecule has 0 radical (unpaired) electrons. The van der Waals surface area contributed by atoms with Gasteiger partial charge < -0.3 is 9.94 Å². The summed E-state index contributed by atoms with van der Waals surface area (Å²) in [5.74, 6) is 0.608. The van der Waals surface area contributed by atoms with E-state index in [4.69, 9.17) is 4.74 Å². The lowest BCUT2D eigenvalue weighted by molar-refractivity contribution is -0.435. The first-order chi connectivity index (χ1) is 8.81. The molecule has 0 aromatic heterocycles. The molecule has 0 aliphatic heterocycles. The van der Waals surface area contributed by atoms with Gasteiger partial charge in [-0.05, 0) is 23.9 Å². The maximum atomic E-state index is 11.9. The Kier molecular flexibility index (Phi) is 3.91. The first-order valence-corrected chi connectivity index (χ1v) is 5.77. The van der Waals surface area contributed by atoms with E-state index >= 15 is 0 Å². The van der Waals surface area contributed by atoms with Gasteiger partial charge in [-0.25, -0.2) is 0 Å². The molecule has 0 amide bonds. The fraction of sp³-hybridized carbons (Fsp3) is 0.143. The number of para-hydroxylation sites is 2. The summed E-state index contributed by atoms with van der Waals surface area (Å²) < 4.78 is 5.41. The smallest absolute Gasteiger partial charge is 0.244 e. The molecule has 92 valence electrons. The van der Waals surface area contributed by atoms with Gasteiger partial charge in [-0.1, -0.05) is 30.3 Å². The van der Waals surface area contributed by atoms with E-state index in [-0.39, 0.29) is 0 Å². The highest BCUT2D eigenvalue weighted by atomic mass is 16.5. The van der Waals surface area contributed by atoms with Crippen molar-refractivity contribution in [2.45, 2.75) is 6.92 Å². The Morgan fingerprint density at radius 1 is 1.06 bits per heavy atom. The summed E-state index contributed by atoms with van der Waals surface area (Å²) in [4.78, 5) is 0.595. The third-order valence-electron chi connectivity index (χ3n) is 2.34. The van der Waals surface area contributed by atoms with Crippen LogP contribution in [-0.2, 0) is 0 Å². The molecular formula is C14H14N2O2.